The maximum absolute atomic E-state index is 11.8. The molecule has 2 N–H and O–H groups in total. The first-order valence-electron chi connectivity index (χ1n) is 7.68. The van der Waals surface area contributed by atoms with Crippen molar-refractivity contribution in [1.82, 2.24) is 15.5 Å². The number of carbonyl (C=O) groups excluding carboxylic acids is 1. The lowest BCUT2D eigenvalue weighted by Crippen LogP contribution is -2.48. The Morgan fingerprint density at radius 1 is 1.26 bits per heavy atom. The number of morpholine rings is 1. The van der Waals surface area contributed by atoms with Crippen molar-refractivity contribution >= 4 is 5.91 Å². The molecule has 110 valence electrons. The lowest BCUT2D eigenvalue weighted by molar-refractivity contribution is -0.134. The van der Waals surface area contributed by atoms with E-state index in [-0.39, 0.29) is 12.0 Å². The summed E-state index contributed by atoms with van der Waals surface area (Å²) >= 11 is 0. The second-order valence-corrected chi connectivity index (χ2v) is 5.46. The lowest BCUT2D eigenvalue weighted by Gasteiger charge is -2.23. The van der Waals surface area contributed by atoms with Gasteiger partial charge in [0.15, 0.2) is 0 Å². The Bertz CT molecular complexity index is 259. The molecule has 0 saturated carbocycles. The molecule has 0 aromatic rings. The van der Waals surface area contributed by atoms with Crippen molar-refractivity contribution in [2.24, 2.45) is 0 Å². The zero-order chi connectivity index (χ0) is 13.3. The largest absolute Gasteiger partial charge is 0.366 e. The first kappa shape index (κ1) is 14.8. The number of nitrogens with one attached hydrogen (secondary N) is 2. The maximum atomic E-state index is 11.8. The molecule has 2 aliphatic heterocycles. The van der Waals surface area contributed by atoms with Gasteiger partial charge in [-0.25, -0.2) is 0 Å². The molecule has 0 spiro atoms. The van der Waals surface area contributed by atoms with E-state index in [0.717, 1.165) is 26.1 Å². The third kappa shape index (κ3) is 5.47. The minimum Gasteiger partial charge on any atom is -0.366 e. The highest BCUT2D eigenvalue weighted by atomic mass is 16.5. The Morgan fingerprint density at radius 2 is 2.05 bits per heavy atom. The molecule has 2 rings (SSSR count). The predicted molar refractivity (Wildman–Crippen MR) is 75.1 cm³/mol. The van der Waals surface area contributed by atoms with Crippen LogP contribution in [0.25, 0.3) is 0 Å². The Balaban J connectivity index is 1.54. The van der Waals surface area contributed by atoms with Crippen LogP contribution in [0.5, 0.6) is 0 Å². The molecule has 1 unspecified atom stereocenters. The Kier molecular flexibility index (Phi) is 6.61. The second kappa shape index (κ2) is 8.51. The van der Waals surface area contributed by atoms with E-state index in [2.05, 4.69) is 15.5 Å². The fourth-order valence-corrected chi connectivity index (χ4v) is 2.72. The van der Waals surface area contributed by atoms with Crippen molar-refractivity contribution < 1.29 is 9.53 Å². The third-order valence-electron chi connectivity index (χ3n) is 3.87. The van der Waals surface area contributed by atoms with Gasteiger partial charge in [0.2, 0.25) is 5.91 Å². The third-order valence-corrected chi connectivity index (χ3v) is 3.87. The normalized spacial score (nSPS) is 25.8. The fraction of sp³-hybridized carbons (Fsp3) is 0.929. The predicted octanol–water partition coefficient (Wildman–Crippen LogP) is 0.357. The number of hydrogen-bond donors (Lipinski definition) is 2. The van der Waals surface area contributed by atoms with E-state index in [4.69, 9.17) is 4.74 Å². The van der Waals surface area contributed by atoms with Crippen molar-refractivity contribution in [2.75, 3.05) is 45.9 Å². The van der Waals surface area contributed by atoms with Crippen LogP contribution in [0.3, 0.4) is 0 Å². The Hall–Kier alpha value is -0.650. The van der Waals surface area contributed by atoms with Crippen LogP contribution in [0.2, 0.25) is 0 Å². The molecule has 1 amide bonds. The molecule has 5 heteroatoms. The van der Waals surface area contributed by atoms with Crippen LogP contribution < -0.4 is 10.6 Å². The summed E-state index contributed by atoms with van der Waals surface area (Å²) in [5.41, 5.74) is 0. The van der Waals surface area contributed by atoms with E-state index in [1.165, 1.54) is 38.8 Å². The van der Waals surface area contributed by atoms with Gasteiger partial charge in [-0.15, -0.1) is 0 Å². The van der Waals surface area contributed by atoms with Gasteiger partial charge in [-0.2, -0.15) is 0 Å². The average Bonchev–Trinajstić information content (AvgIpc) is 2.73. The molecule has 2 fully saturated rings. The van der Waals surface area contributed by atoms with E-state index in [1.54, 1.807) is 0 Å². The molecule has 19 heavy (non-hydrogen) atoms. The quantitative estimate of drug-likeness (QED) is 0.708. The summed E-state index contributed by atoms with van der Waals surface area (Å²) in [7, 11) is 0. The summed E-state index contributed by atoms with van der Waals surface area (Å²) < 4.78 is 5.42. The molecular formula is C14H27N3O2. The molecule has 2 aliphatic rings. The number of ether oxygens (including phenoxy) is 1. The summed E-state index contributed by atoms with van der Waals surface area (Å²) in [5.74, 6) is 0.0306. The van der Waals surface area contributed by atoms with Crippen molar-refractivity contribution in [2.45, 2.75) is 38.2 Å². The summed E-state index contributed by atoms with van der Waals surface area (Å²) in [6.07, 6.45) is 6.14. The molecule has 0 radical (unpaired) electrons. The van der Waals surface area contributed by atoms with Gasteiger partial charge in [0.1, 0.15) is 6.10 Å². The summed E-state index contributed by atoms with van der Waals surface area (Å²) in [6.45, 7) is 6.43. The van der Waals surface area contributed by atoms with Crippen LogP contribution in [0, 0.1) is 0 Å². The van der Waals surface area contributed by atoms with E-state index in [0.29, 0.717) is 13.2 Å². The first-order valence-corrected chi connectivity index (χ1v) is 7.68. The smallest absolute Gasteiger partial charge is 0.250 e. The van der Waals surface area contributed by atoms with Crippen molar-refractivity contribution in [1.29, 1.82) is 0 Å². The first-order chi connectivity index (χ1) is 9.36. The second-order valence-electron chi connectivity index (χ2n) is 5.46. The molecule has 2 saturated heterocycles. The van der Waals surface area contributed by atoms with Gasteiger partial charge in [-0.3, -0.25) is 4.79 Å². The Labute approximate surface area is 116 Å². The SMILES string of the molecule is O=C(NCCCN1CCCCCC1)C1CNCCO1. The van der Waals surface area contributed by atoms with Crippen LogP contribution in [-0.2, 0) is 9.53 Å². The number of nitrogens with zero attached hydrogens (tertiary/aromatic N) is 1. The molecule has 5 nitrogen and oxygen atoms in total. The van der Waals surface area contributed by atoms with Crippen molar-refractivity contribution in [3.63, 3.8) is 0 Å². The van der Waals surface area contributed by atoms with Gasteiger partial charge in [0.25, 0.3) is 0 Å². The number of likely N-dealkylation sites (tertiary alicyclic amines) is 1. The van der Waals surface area contributed by atoms with Gasteiger partial charge in [0.05, 0.1) is 6.61 Å². The molecule has 1 atom stereocenters. The lowest BCUT2D eigenvalue weighted by atomic mass is 10.2. The average molecular weight is 269 g/mol. The zero-order valence-electron chi connectivity index (χ0n) is 11.8. The van der Waals surface area contributed by atoms with Crippen LogP contribution in [0.1, 0.15) is 32.1 Å². The standard InChI is InChI=1S/C14H27N3O2/c18-14(13-12-15-7-11-19-13)16-6-5-10-17-8-3-1-2-4-9-17/h13,15H,1-12H2,(H,16,18). The van der Waals surface area contributed by atoms with Crippen molar-refractivity contribution in [3.05, 3.63) is 0 Å². The molecule has 0 aromatic heterocycles. The summed E-state index contributed by atoms with van der Waals surface area (Å²) in [5, 5.41) is 6.15. The topological polar surface area (TPSA) is 53.6 Å². The van der Waals surface area contributed by atoms with Gasteiger partial charge < -0.3 is 20.3 Å². The van der Waals surface area contributed by atoms with E-state index in [9.17, 15) is 4.79 Å². The van der Waals surface area contributed by atoms with Crippen LogP contribution in [-0.4, -0.2) is 62.8 Å². The Morgan fingerprint density at radius 3 is 2.74 bits per heavy atom. The summed E-state index contributed by atoms with van der Waals surface area (Å²) in [4.78, 5) is 14.3. The monoisotopic (exact) mass is 269 g/mol. The summed E-state index contributed by atoms with van der Waals surface area (Å²) in [6, 6.07) is 0. The van der Waals surface area contributed by atoms with Crippen LogP contribution in [0.4, 0.5) is 0 Å². The van der Waals surface area contributed by atoms with Crippen LogP contribution in [0.15, 0.2) is 0 Å². The van der Waals surface area contributed by atoms with E-state index in [1.807, 2.05) is 0 Å². The number of rotatable bonds is 5. The van der Waals surface area contributed by atoms with Gasteiger partial charge in [-0.1, -0.05) is 12.8 Å². The van der Waals surface area contributed by atoms with Crippen LogP contribution >= 0.6 is 0 Å². The molecular weight excluding hydrogens is 242 g/mol. The highest BCUT2D eigenvalue weighted by Crippen LogP contribution is 2.09. The molecule has 0 aliphatic carbocycles. The molecule has 0 aromatic carbocycles. The van der Waals surface area contributed by atoms with Crippen molar-refractivity contribution in [3.8, 4) is 0 Å². The minimum absolute atomic E-state index is 0.0306. The fourth-order valence-electron chi connectivity index (χ4n) is 2.72. The minimum atomic E-state index is -0.299. The highest BCUT2D eigenvalue weighted by molar-refractivity contribution is 5.81. The molecule has 2 heterocycles. The number of hydrogen-bond acceptors (Lipinski definition) is 4. The van der Waals surface area contributed by atoms with Gasteiger partial charge in [0, 0.05) is 19.6 Å². The van der Waals surface area contributed by atoms with E-state index >= 15 is 0 Å². The van der Waals surface area contributed by atoms with Gasteiger partial charge in [-0.05, 0) is 38.9 Å². The number of carbonyl (C=O) groups is 1. The van der Waals surface area contributed by atoms with E-state index < -0.39 is 0 Å². The molecule has 0 bridgehead atoms. The highest BCUT2D eigenvalue weighted by Gasteiger charge is 2.20. The zero-order valence-corrected chi connectivity index (χ0v) is 11.8. The van der Waals surface area contributed by atoms with Gasteiger partial charge >= 0.3 is 0 Å². The number of amides is 1. The maximum Gasteiger partial charge on any atom is 0.250 e.